The van der Waals surface area contributed by atoms with Crippen molar-refractivity contribution in [1.29, 1.82) is 0 Å². The molecule has 2 aliphatic heterocycles. The number of benzene rings is 1. The minimum absolute atomic E-state index is 0.0406. The highest BCUT2D eigenvalue weighted by atomic mass is 16.6. The molecule has 2 aliphatic rings. The quantitative estimate of drug-likeness (QED) is 0.585. The Hall–Kier alpha value is -3.13. The SMILES string of the molecule is CC1(C(=O)c2cnc3ccccc3n2)OC(=O)/C=C\C(=O)OC1N1CCCC1. The molecule has 0 spiro atoms. The molecule has 2 unspecified atom stereocenters. The van der Waals surface area contributed by atoms with Gasteiger partial charge in [-0.15, -0.1) is 0 Å². The molecule has 0 radical (unpaired) electrons. The maximum Gasteiger partial charge on any atom is 0.332 e. The Balaban J connectivity index is 1.78. The van der Waals surface area contributed by atoms with Crippen molar-refractivity contribution in [2.45, 2.75) is 31.6 Å². The molecule has 0 aliphatic carbocycles. The van der Waals surface area contributed by atoms with Gasteiger partial charge in [0.2, 0.25) is 17.6 Å². The Bertz CT molecular complexity index is 983. The minimum Gasteiger partial charge on any atom is -0.442 e. The van der Waals surface area contributed by atoms with Gasteiger partial charge in [-0.2, -0.15) is 0 Å². The number of fused-ring (bicyclic) bond motifs is 1. The van der Waals surface area contributed by atoms with Gasteiger partial charge in [0.05, 0.1) is 17.2 Å². The fourth-order valence-corrected chi connectivity index (χ4v) is 3.57. The number of ether oxygens (including phenoxy) is 2. The molecule has 8 nitrogen and oxygen atoms in total. The molecule has 0 bridgehead atoms. The van der Waals surface area contributed by atoms with Crippen molar-refractivity contribution in [1.82, 2.24) is 14.9 Å². The molecule has 2 atom stereocenters. The summed E-state index contributed by atoms with van der Waals surface area (Å²) in [6.07, 6.45) is 4.07. The second kappa shape index (κ2) is 7.12. The monoisotopic (exact) mass is 381 g/mol. The first-order chi connectivity index (χ1) is 13.5. The molecule has 1 fully saturated rings. The second-order valence-corrected chi connectivity index (χ2v) is 6.97. The third-order valence-corrected chi connectivity index (χ3v) is 4.97. The number of nitrogens with zero attached hydrogens (tertiary/aromatic N) is 3. The van der Waals surface area contributed by atoms with Crippen LogP contribution < -0.4 is 0 Å². The van der Waals surface area contributed by atoms with Crippen LogP contribution >= 0.6 is 0 Å². The number of cyclic esters (lactones) is 2. The summed E-state index contributed by atoms with van der Waals surface area (Å²) in [5.74, 6) is -2.05. The van der Waals surface area contributed by atoms with Crippen LogP contribution in [0.3, 0.4) is 0 Å². The fraction of sp³-hybridized carbons (Fsp3) is 0.350. The molecular weight excluding hydrogens is 362 g/mol. The third kappa shape index (κ3) is 3.27. The molecule has 1 saturated heterocycles. The van der Waals surface area contributed by atoms with E-state index in [4.69, 9.17) is 9.47 Å². The molecular formula is C20H19N3O5. The summed E-state index contributed by atoms with van der Waals surface area (Å²) in [4.78, 5) is 48.2. The molecule has 8 heteroatoms. The summed E-state index contributed by atoms with van der Waals surface area (Å²) < 4.78 is 11.0. The van der Waals surface area contributed by atoms with E-state index in [9.17, 15) is 14.4 Å². The number of hydrogen-bond donors (Lipinski definition) is 0. The molecule has 0 amide bonds. The summed E-state index contributed by atoms with van der Waals surface area (Å²) in [7, 11) is 0. The number of carbonyl (C=O) groups is 3. The van der Waals surface area contributed by atoms with Gasteiger partial charge >= 0.3 is 11.9 Å². The van der Waals surface area contributed by atoms with Gasteiger partial charge in [-0.1, -0.05) is 12.1 Å². The molecule has 28 heavy (non-hydrogen) atoms. The zero-order valence-corrected chi connectivity index (χ0v) is 15.3. The van der Waals surface area contributed by atoms with Crippen LogP contribution in [0.15, 0.2) is 42.6 Å². The smallest absolute Gasteiger partial charge is 0.332 e. The van der Waals surface area contributed by atoms with Gasteiger partial charge in [-0.3, -0.25) is 14.7 Å². The van der Waals surface area contributed by atoms with Crippen LogP contribution in [0.25, 0.3) is 11.0 Å². The zero-order valence-electron chi connectivity index (χ0n) is 15.3. The van der Waals surface area contributed by atoms with E-state index in [1.54, 1.807) is 18.2 Å². The molecule has 0 saturated carbocycles. The van der Waals surface area contributed by atoms with Crippen molar-refractivity contribution < 1.29 is 23.9 Å². The number of aromatic nitrogens is 2. The molecule has 1 aromatic heterocycles. The molecule has 0 N–H and O–H groups in total. The number of carbonyl (C=O) groups excluding carboxylic acids is 3. The number of rotatable bonds is 3. The normalized spacial score (nSPS) is 27.0. The Morgan fingerprint density at radius 1 is 1.11 bits per heavy atom. The lowest BCUT2D eigenvalue weighted by atomic mass is 9.94. The number of ketones is 1. The van der Waals surface area contributed by atoms with Gasteiger partial charge in [0.1, 0.15) is 5.69 Å². The topological polar surface area (TPSA) is 98.7 Å². The van der Waals surface area contributed by atoms with Gasteiger partial charge in [0.25, 0.3) is 0 Å². The summed E-state index contributed by atoms with van der Waals surface area (Å²) in [6.45, 7) is 2.72. The van der Waals surface area contributed by atoms with Crippen molar-refractivity contribution in [3.8, 4) is 0 Å². The van der Waals surface area contributed by atoms with Gasteiger partial charge in [-0.05, 0) is 31.9 Å². The summed E-state index contributed by atoms with van der Waals surface area (Å²) in [5, 5.41) is 0. The van der Waals surface area contributed by atoms with Gasteiger partial charge < -0.3 is 9.47 Å². The van der Waals surface area contributed by atoms with Gasteiger partial charge in [-0.25, -0.2) is 14.6 Å². The van der Waals surface area contributed by atoms with Crippen LogP contribution in [0.5, 0.6) is 0 Å². The largest absolute Gasteiger partial charge is 0.442 e. The Kier molecular flexibility index (Phi) is 4.64. The Morgan fingerprint density at radius 2 is 1.79 bits per heavy atom. The van der Waals surface area contributed by atoms with E-state index in [-0.39, 0.29) is 5.69 Å². The predicted molar refractivity (Wildman–Crippen MR) is 98.2 cm³/mol. The van der Waals surface area contributed by atoms with Crippen LogP contribution in [-0.2, 0) is 19.1 Å². The van der Waals surface area contributed by atoms with Crippen molar-refractivity contribution in [3.63, 3.8) is 0 Å². The first-order valence-electron chi connectivity index (χ1n) is 9.10. The van der Waals surface area contributed by atoms with Crippen LogP contribution in [0.2, 0.25) is 0 Å². The maximum absolute atomic E-state index is 13.4. The van der Waals surface area contributed by atoms with E-state index in [1.165, 1.54) is 13.1 Å². The molecule has 1 aromatic carbocycles. The van der Waals surface area contributed by atoms with E-state index >= 15 is 0 Å². The van der Waals surface area contributed by atoms with Crippen molar-refractivity contribution >= 4 is 28.8 Å². The predicted octanol–water partition coefficient (Wildman–Crippen LogP) is 1.65. The number of para-hydroxylation sites is 2. The maximum atomic E-state index is 13.4. The van der Waals surface area contributed by atoms with Crippen LogP contribution in [-0.4, -0.2) is 57.5 Å². The van der Waals surface area contributed by atoms with Crippen LogP contribution in [0.4, 0.5) is 0 Å². The lowest BCUT2D eigenvalue weighted by Crippen LogP contribution is -2.59. The second-order valence-electron chi connectivity index (χ2n) is 6.97. The van der Waals surface area contributed by atoms with E-state index in [0.717, 1.165) is 25.0 Å². The first-order valence-corrected chi connectivity index (χ1v) is 9.10. The van der Waals surface area contributed by atoms with Crippen molar-refractivity contribution in [2.75, 3.05) is 13.1 Å². The van der Waals surface area contributed by atoms with Gasteiger partial charge in [0.15, 0.2) is 0 Å². The molecule has 3 heterocycles. The highest BCUT2D eigenvalue weighted by molar-refractivity contribution is 6.04. The Labute approximate surface area is 161 Å². The highest BCUT2D eigenvalue weighted by Crippen LogP contribution is 2.30. The number of esters is 2. The van der Waals surface area contributed by atoms with E-state index < -0.39 is 29.6 Å². The zero-order chi connectivity index (χ0) is 19.7. The average Bonchev–Trinajstić information content (AvgIpc) is 3.23. The van der Waals surface area contributed by atoms with E-state index in [1.807, 2.05) is 11.0 Å². The van der Waals surface area contributed by atoms with Crippen LogP contribution in [0, 0.1) is 0 Å². The summed E-state index contributed by atoms with van der Waals surface area (Å²) >= 11 is 0. The fourth-order valence-electron chi connectivity index (χ4n) is 3.57. The summed E-state index contributed by atoms with van der Waals surface area (Å²) in [5.41, 5.74) is -0.522. The molecule has 2 aromatic rings. The average molecular weight is 381 g/mol. The van der Waals surface area contributed by atoms with Crippen LogP contribution in [0.1, 0.15) is 30.3 Å². The summed E-state index contributed by atoms with van der Waals surface area (Å²) in [6, 6.07) is 7.15. The van der Waals surface area contributed by atoms with E-state index in [2.05, 4.69) is 9.97 Å². The number of Topliss-reactive ketones (excluding diaryl/α,β-unsaturated/α-hetero) is 1. The lowest BCUT2D eigenvalue weighted by Gasteiger charge is -2.39. The molecule has 4 rings (SSSR count). The van der Waals surface area contributed by atoms with Gasteiger partial charge in [0, 0.05) is 25.2 Å². The number of hydrogen-bond acceptors (Lipinski definition) is 8. The molecule has 144 valence electrons. The minimum atomic E-state index is -1.75. The van der Waals surface area contributed by atoms with Crippen molar-refractivity contribution in [3.05, 3.63) is 48.3 Å². The van der Waals surface area contributed by atoms with E-state index in [0.29, 0.717) is 24.1 Å². The number of likely N-dealkylation sites (tertiary alicyclic amines) is 1. The first kappa shape index (κ1) is 18.2. The van der Waals surface area contributed by atoms with Crippen molar-refractivity contribution in [2.24, 2.45) is 0 Å². The highest BCUT2D eigenvalue weighted by Gasteiger charge is 2.52. The third-order valence-electron chi connectivity index (χ3n) is 4.97. The Morgan fingerprint density at radius 3 is 2.54 bits per heavy atom. The lowest BCUT2D eigenvalue weighted by molar-refractivity contribution is -0.190. The standard InChI is InChI=1S/C20H19N3O5/c1-20(18(26)15-12-21-13-6-2-3-7-14(13)22-15)19(23-10-4-5-11-23)27-16(24)8-9-17(25)28-20/h2-3,6-9,12,19H,4-5,10-11H2,1H3/b9-8-.